The predicted octanol–water partition coefficient (Wildman–Crippen LogP) is 4.32. The number of benzene rings is 2. The van der Waals surface area contributed by atoms with Crippen LogP contribution >= 0.6 is 0 Å². The molecule has 0 saturated carbocycles. The van der Waals surface area contributed by atoms with Gasteiger partial charge in [-0.3, -0.25) is 0 Å². The molecule has 1 N–H and O–H groups in total. The van der Waals surface area contributed by atoms with Crippen molar-refractivity contribution in [2.75, 3.05) is 27.7 Å². The first-order chi connectivity index (χ1) is 12.3. The largest absolute Gasteiger partial charge is 0.497 e. The molecule has 2 rings (SSSR count). The van der Waals surface area contributed by atoms with Gasteiger partial charge in [0.05, 0.1) is 7.11 Å². The van der Waals surface area contributed by atoms with Gasteiger partial charge in [0.15, 0.2) is 0 Å². The lowest BCUT2D eigenvalue weighted by atomic mass is 9.76. The minimum absolute atomic E-state index is 0.0857. The Morgan fingerprint density at radius 1 is 1.15 bits per heavy atom. The third-order valence-electron chi connectivity index (χ3n) is 4.74. The highest BCUT2D eigenvalue weighted by molar-refractivity contribution is 5.57. The Labute approximate surface area is 155 Å². The summed E-state index contributed by atoms with van der Waals surface area (Å²) < 4.78 is 18.6. The molecule has 0 aliphatic carbocycles. The minimum Gasteiger partial charge on any atom is -0.497 e. The molecule has 3 nitrogen and oxygen atoms in total. The fourth-order valence-electron chi connectivity index (χ4n) is 3.34. The number of rotatable bonds is 7. The van der Waals surface area contributed by atoms with E-state index in [4.69, 9.17) is 4.74 Å². The van der Waals surface area contributed by atoms with Crippen molar-refractivity contribution in [3.05, 3.63) is 71.0 Å². The van der Waals surface area contributed by atoms with Crippen LogP contribution in [0.2, 0.25) is 0 Å². The van der Waals surface area contributed by atoms with Crippen molar-refractivity contribution in [2.45, 2.75) is 19.4 Å². The minimum atomic E-state index is -1.20. The van der Waals surface area contributed by atoms with Crippen molar-refractivity contribution in [2.24, 2.45) is 5.92 Å². The molecule has 0 saturated heterocycles. The van der Waals surface area contributed by atoms with Gasteiger partial charge in [-0.1, -0.05) is 37.3 Å². The molecule has 2 aromatic carbocycles. The van der Waals surface area contributed by atoms with E-state index in [2.05, 4.69) is 0 Å². The maximum absolute atomic E-state index is 13.4. The first kappa shape index (κ1) is 20.1. The smallest absolute Gasteiger partial charge is 0.123 e. The molecule has 0 aromatic heterocycles. The van der Waals surface area contributed by atoms with Crippen molar-refractivity contribution in [1.29, 1.82) is 0 Å². The lowest BCUT2D eigenvalue weighted by Crippen LogP contribution is -2.40. The maximum Gasteiger partial charge on any atom is 0.123 e. The number of aliphatic hydroxyl groups is 1. The highest BCUT2D eigenvalue weighted by Gasteiger charge is 2.37. The van der Waals surface area contributed by atoms with E-state index in [1.54, 1.807) is 19.2 Å². The van der Waals surface area contributed by atoms with Crippen molar-refractivity contribution in [3.63, 3.8) is 0 Å². The monoisotopic (exact) mass is 357 g/mol. The van der Waals surface area contributed by atoms with Crippen molar-refractivity contribution >= 4 is 6.08 Å². The third kappa shape index (κ3) is 4.51. The summed E-state index contributed by atoms with van der Waals surface area (Å²) >= 11 is 0. The number of hydrogen-bond acceptors (Lipinski definition) is 3. The Morgan fingerprint density at radius 2 is 1.73 bits per heavy atom. The number of halogens is 1. The Bertz CT molecular complexity index is 738. The topological polar surface area (TPSA) is 32.7 Å². The summed E-state index contributed by atoms with van der Waals surface area (Å²) in [5.74, 6) is 0.389. The van der Waals surface area contributed by atoms with Gasteiger partial charge >= 0.3 is 0 Å². The molecule has 0 aliphatic rings. The fourth-order valence-corrected chi connectivity index (χ4v) is 3.34. The molecule has 4 heteroatoms. The van der Waals surface area contributed by atoms with Crippen LogP contribution in [0, 0.1) is 11.7 Å². The normalized spacial score (nSPS) is 15.6. The van der Waals surface area contributed by atoms with Crippen LogP contribution < -0.4 is 4.74 Å². The third-order valence-corrected chi connectivity index (χ3v) is 4.74. The molecular formula is C22H28FNO2. The van der Waals surface area contributed by atoms with E-state index < -0.39 is 5.60 Å². The Morgan fingerprint density at radius 3 is 2.23 bits per heavy atom. The van der Waals surface area contributed by atoms with E-state index in [-0.39, 0.29) is 11.7 Å². The summed E-state index contributed by atoms with van der Waals surface area (Å²) in [7, 11) is 5.58. The van der Waals surface area contributed by atoms with Crippen molar-refractivity contribution in [1.82, 2.24) is 4.90 Å². The second kappa shape index (κ2) is 8.47. The van der Waals surface area contributed by atoms with Gasteiger partial charge in [-0.15, -0.1) is 0 Å². The summed E-state index contributed by atoms with van der Waals surface area (Å²) in [5, 5.41) is 11.7. The molecule has 0 bridgehead atoms. The number of nitrogens with zero attached hydrogens (tertiary/aromatic N) is 1. The van der Waals surface area contributed by atoms with Gasteiger partial charge in [0, 0.05) is 12.5 Å². The summed E-state index contributed by atoms with van der Waals surface area (Å²) in [5.41, 5.74) is 1.28. The van der Waals surface area contributed by atoms with E-state index in [1.165, 1.54) is 12.1 Å². The van der Waals surface area contributed by atoms with Crippen LogP contribution in [0.1, 0.15) is 25.0 Å². The molecule has 26 heavy (non-hydrogen) atoms. The second-order valence-corrected chi connectivity index (χ2v) is 7.04. The zero-order valence-electron chi connectivity index (χ0n) is 16.2. The van der Waals surface area contributed by atoms with Gasteiger partial charge < -0.3 is 14.7 Å². The molecule has 0 radical (unpaired) electrons. The Balaban J connectivity index is 2.47. The lowest BCUT2D eigenvalue weighted by Gasteiger charge is -2.37. The van der Waals surface area contributed by atoms with Gasteiger partial charge in [0.2, 0.25) is 0 Å². The predicted molar refractivity (Wildman–Crippen MR) is 105 cm³/mol. The standard InChI is InChI=1S/C22H28FNO2/c1-16(14-18-6-12-21(26-5)13-7-18)22(25,17(2)15-24(3)4)19-8-10-20(23)11-9-19/h6-14,17,25H,15H2,1-5H3/b16-14-. The summed E-state index contributed by atoms with van der Waals surface area (Å²) in [6.45, 7) is 4.62. The van der Waals surface area contributed by atoms with E-state index in [0.29, 0.717) is 12.1 Å². The van der Waals surface area contributed by atoms with E-state index in [1.807, 2.05) is 63.2 Å². The van der Waals surface area contributed by atoms with E-state index in [9.17, 15) is 9.50 Å². The first-order valence-electron chi connectivity index (χ1n) is 8.73. The van der Waals surface area contributed by atoms with Gasteiger partial charge in [-0.2, -0.15) is 0 Å². The lowest BCUT2D eigenvalue weighted by molar-refractivity contribution is 0.0105. The molecule has 2 aromatic rings. The average molecular weight is 357 g/mol. The molecule has 0 aliphatic heterocycles. The van der Waals surface area contributed by atoms with E-state index in [0.717, 1.165) is 16.9 Å². The van der Waals surface area contributed by atoms with Crippen LogP contribution in [-0.2, 0) is 5.60 Å². The molecule has 0 spiro atoms. The van der Waals surface area contributed by atoms with Crippen LogP contribution in [0.3, 0.4) is 0 Å². The number of hydrogen-bond donors (Lipinski definition) is 1. The second-order valence-electron chi connectivity index (χ2n) is 7.04. The van der Waals surface area contributed by atoms with Crippen LogP contribution in [0.25, 0.3) is 6.08 Å². The summed E-state index contributed by atoms with van der Waals surface area (Å²) in [4.78, 5) is 2.04. The van der Waals surface area contributed by atoms with Gasteiger partial charge in [-0.25, -0.2) is 4.39 Å². The Hall–Kier alpha value is -2.17. The van der Waals surface area contributed by atoms with Crippen LogP contribution in [0.15, 0.2) is 54.1 Å². The van der Waals surface area contributed by atoms with Gasteiger partial charge in [0.25, 0.3) is 0 Å². The molecule has 2 unspecified atom stereocenters. The zero-order valence-corrected chi connectivity index (χ0v) is 16.2. The van der Waals surface area contributed by atoms with Gasteiger partial charge in [-0.05, 0) is 62.0 Å². The number of methoxy groups -OCH3 is 1. The van der Waals surface area contributed by atoms with Gasteiger partial charge in [0.1, 0.15) is 17.2 Å². The highest BCUT2D eigenvalue weighted by atomic mass is 19.1. The molecule has 0 heterocycles. The van der Waals surface area contributed by atoms with Crippen molar-refractivity contribution in [3.8, 4) is 5.75 Å². The van der Waals surface area contributed by atoms with Crippen LogP contribution in [0.5, 0.6) is 5.75 Å². The summed E-state index contributed by atoms with van der Waals surface area (Å²) in [6, 6.07) is 13.8. The fraction of sp³-hybridized carbons (Fsp3) is 0.364. The zero-order chi connectivity index (χ0) is 19.3. The molecule has 0 fully saturated rings. The molecular weight excluding hydrogens is 329 g/mol. The number of ether oxygens (including phenoxy) is 1. The highest BCUT2D eigenvalue weighted by Crippen LogP contribution is 2.38. The van der Waals surface area contributed by atoms with Crippen LogP contribution in [-0.4, -0.2) is 37.8 Å². The SMILES string of the molecule is COc1ccc(/C=C(/C)C(O)(c2ccc(F)cc2)C(C)CN(C)C)cc1. The molecule has 0 amide bonds. The maximum atomic E-state index is 13.4. The van der Waals surface area contributed by atoms with Crippen LogP contribution in [0.4, 0.5) is 4.39 Å². The molecule has 140 valence electrons. The average Bonchev–Trinajstić information content (AvgIpc) is 2.61. The van der Waals surface area contributed by atoms with E-state index >= 15 is 0 Å². The van der Waals surface area contributed by atoms with Crippen molar-refractivity contribution < 1.29 is 14.2 Å². The first-order valence-corrected chi connectivity index (χ1v) is 8.73. The Kier molecular flexibility index (Phi) is 6.57. The molecule has 2 atom stereocenters. The quantitative estimate of drug-likeness (QED) is 0.801. The summed E-state index contributed by atoms with van der Waals surface area (Å²) in [6.07, 6.45) is 1.97.